The Morgan fingerprint density at radius 1 is 0.857 bits per heavy atom. The molecule has 0 spiro atoms. The molecule has 110 valence electrons. The number of hydrogen-bond acceptors (Lipinski definition) is 2. The lowest BCUT2D eigenvalue weighted by molar-refractivity contribution is 0.299. The second-order valence-electron chi connectivity index (χ2n) is 5.72. The summed E-state index contributed by atoms with van der Waals surface area (Å²) in [5, 5.41) is 8.91. The SMILES string of the molecule is OCCc1ccc(COc2ccc3c(c2)CCCC3)cc1. The Bertz CT molecular complexity index is 587. The highest BCUT2D eigenvalue weighted by Gasteiger charge is 2.09. The molecule has 0 saturated carbocycles. The molecule has 1 aliphatic carbocycles. The molecular weight excluding hydrogens is 260 g/mol. The van der Waals surface area contributed by atoms with Gasteiger partial charge in [0, 0.05) is 6.61 Å². The molecule has 0 radical (unpaired) electrons. The van der Waals surface area contributed by atoms with Crippen LogP contribution in [0.1, 0.15) is 35.1 Å². The third-order valence-corrected chi connectivity index (χ3v) is 4.15. The Morgan fingerprint density at radius 2 is 1.57 bits per heavy atom. The minimum absolute atomic E-state index is 0.199. The lowest BCUT2D eigenvalue weighted by atomic mass is 9.92. The highest BCUT2D eigenvalue weighted by atomic mass is 16.5. The second kappa shape index (κ2) is 6.77. The summed E-state index contributed by atoms with van der Waals surface area (Å²) >= 11 is 0. The second-order valence-corrected chi connectivity index (χ2v) is 5.72. The fourth-order valence-corrected chi connectivity index (χ4v) is 2.90. The number of benzene rings is 2. The van der Waals surface area contributed by atoms with Crippen molar-refractivity contribution < 1.29 is 9.84 Å². The van der Waals surface area contributed by atoms with Crippen molar-refractivity contribution in [3.8, 4) is 5.75 Å². The summed E-state index contributed by atoms with van der Waals surface area (Å²) < 4.78 is 5.91. The first-order chi connectivity index (χ1) is 10.3. The highest BCUT2D eigenvalue weighted by molar-refractivity contribution is 5.37. The number of hydrogen-bond donors (Lipinski definition) is 1. The van der Waals surface area contributed by atoms with E-state index in [0.717, 1.165) is 16.9 Å². The van der Waals surface area contributed by atoms with Crippen LogP contribution >= 0.6 is 0 Å². The summed E-state index contributed by atoms with van der Waals surface area (Å²) in [4.78, 5) is 0. The van der Waals surface area contributed by atoms with Crippen molar-refractivity contribution in [2.75, 3.05) is 6.61 Å². The van der Waals surface area contributed by atoms with E-state index in [-0.39, 0.29) is 6.61 Å². The Balaban J connectivity index is 1.61. The lowest BCUT2D eigenvalue weighted by Gasteiger charge is -2.16. The topological polar surface area (TPSA) is 29.5 Å². The van der Waals surface area contributed by atoms with E-state index in [9.17, 15) is 0 Å². The third kappa shape index (κ3) is 3.64. The predicted molar refractivity (Wildman–Crippen MR) is 84.6 cm³/mol. The summed E-state index contributed by atoms with van der Waals surface area (Å²) in [5.74, 6) is 0.968. The number of aryl methyl sites for hydroxylation is 2. The lowest BCUT2D eigenvalue weighted by Crippen LogP contribution is -2.03. The Labute approximate surface area is 126 Å². The summed E-state index contributed by atoms with van der Waals surface area (Å²) in [6.07, 6.45) is 5.71. The number of aliphatic hydroxyl groups is 1. The van der Waals surface area contributed by atoms with Crippen LogP contribution in [-0.2, 0) is 25.9 Å². The minimum Gasteiger partial charge on any atom is -0.489 e. The summed E-state index contributed by atoms with van der Waals surface area (Å²) in [7, 11) is 0. The van der Waals surface area contributed by atoms with Crippen molar-refractivity contribution in [2.24, 2.45) is 0 Å². The summed E-state index contributed by atoms with van der Waals surface area (Å²) in [6, 6.07) is 14.8. The number of ether oxygens (including phenoxy) is 1. The molecule has 3 rings (SSSR count). The van der Waals surface area contributed by atoms with E-state index in [1.807, 2.05) is 0 Å². The normalized spacial score (nSPS) is 13.8. The fourth-order valence-electron chi connectivity index (χ4n) is 2.90. The van der Waals surface area contributed by atoms with Gasteiger partial charge in [0.2, 0.25) is 0 Å². The van der Waals surface area contributed by atoms with E-state index in [1.54, 1.807) is 0 Å². The molecule has 0 unspecified atom stereocenters. The number of fused-ring (bicyclic) bond motifs is 1. The first-order valence-electron chi connectivity index (χ1n) is 7.78. The maximum atomic E-state index is 8.91. The van der Waals surface area contributed by atoms with Gasteiger partial charge in [-0.15, -0.1) is 0 Å². The summed E-state index contributed by atoms with van der Waals surface area (Å²) in [5.41, 5.74) is 5.27. The summed E-state index contributed by atoms with van der Waals surface area (Å²) in [6.45, 7) is 0.795. The Morgan fingerprint density at radius 3 is 2.33 bits per heavy atom. The van der Waals surface area contributed by atoms with Crippen molar-refractivity contribution in [1.29, 1.82) is 0 Å². The van der Waals surface area contributed by atoms with Crippen molar-refractivity contribution in [3.63, 3.8) is 0 Å². The van der Waals surface area contributed by atoms with E-state index in [0.29, 0.717) is 13.0 Å². The van der Waals surface area contributed by atoms with Crippen LogP contribution in [-0.4, -0.2) is 11.7 Å². The quantitative estimate of drug-likeness (QED) is 0.906. The molecule has 2 nitrogen and oxygen atoms in total. The van der Waals surface area contributed by atoms with Crippen LogP contribution in [0.3, 0.4) is 0 Å². The van der Waals surface area contributed by atoms with Crippen molar-refractivity contribution in [2.45, 2.75) is 38.7 Å². The molecule has 0 saturated heterocycles. The maximum Gasteiger partial charge on any atom is 0.120 e. The first-order valence-corrected chi connectivity index (χ1v) is 7.78. The zero-order chi connectivity index (χ0) is 14.5. The molecule has 2 aromatic rings. The van der Waals surface area contributed by atoms with Crippen molar-refractivity contribution in [3.05, 3.63) is 64.7 Å². The largest absolute Gasteiger partial charge is 0.489 e. The first kappa shape index (κ1) is 14.2. The molecule has 2 aromatic carbocycles. The average molecular weight is 282 g/mol. The van der Waals surface area contributed by atoms with Gasteiger partial charge in [-0.05, 0) is 66.5 Å². The van der Waals surface area contributed by atoms with Crippen LogP contribution in [0.15, 0.2) is 42.5 Å². The van der Waals surface area contributed by atoms with Crippen LogP contribution in [0.5, 0.6) is 5.75 Å². The molecule has 0 amide bonds. The van der Waals surface area contributed by atoms with Gasteiger partial charge in [0.25, 0.3) is 0 Å². The Hall–Kier alpha value is -1.80. The van der Waals surface area contributed by atoms with Crippen LogP contribution in [0.2, 0.25) is 0 Å². The van der Waals surface area contributed by atoms with Gasteiger partial charge in [-0.25, -0.2) is 0 Å². The zero-order valence-corrected chi connectivity index (χ0v) is 12.3. The minimum atomic E-state index is 0.199. The number of aliphatic hydroxyl groups excluding tert-OH is 1. The van der Waals surface area contributed by atoms with E-state index in [1.165, 1.54) is 36.8 Å². The van der Waals surface area contributed by atoms with Gasteiger partial charge < -0.3 is 9.84 Å². The molecule has 0 bridgehead atoms. The molecule has 0 heterocycles. The molecule has 0 fully saturated rings. The fraction of sp³-hybridized carbons (Fsp3) is 0.368. The monoisotopic (exact) mass is 282 g/mol. The van der Waals surface area contributed by atoms with Crippen molar-refractivity contribution >= 4 is 0 Å². The van der Waals surface area contributed by atoms with E-state index >= 15 is 0 Å². The van der Waals surface area contributed by atoms with Crippen LogP contribution in [0, 0.1) is 0 Å². The van der Waals surface area contributed by atoms with E-state index in [2.05, 4.69) is 42.5 Å². The van der Waals surface area contributed by atoms with E-state index < -0.39 is 0 Å². The molecule has 1 N–H and O–H groups in total. The molecule has 0 atom stereocenters. The van der Waals surface area contributed by atoms with Gasteiger partial charge in [-0.2, -0.15) is 0 Å². The standard InChI is InChI=1S/C19H22O2/c20-12-11-15-5-7-16(8-6-15)14-21-19-10-9-17-3-1-2-4-18(17)13-19/h5-10,13,20H,1-4,11-12,14H2. The molecular formula is C19H22O2. The van der Waals surface area contributed by atoms with Crippen LogP contribution < -0.4 is 4.74 Å². The van der Waals surface area contributed by atoms with Crippen LogP contribution in [0.4, 0.5) is 0 Å². The smallest absolute Gasteiger partial charge is 0.120 e. The molecule has 1 aliphatic rings. The average Bonchev–Trinajstić information content (AvgIpc) is 2.54. The molecule has 0 aromatic heterocycles. The van der Waals surface area contributed by atoms with Gasteiger partial charge >= 0.3 is 0 Å². The highest BCUT2D eigenvalue weighted by Crippen LogP contribution is 2.25. The number of rotatable bonds is 5. The van der Waals surface area contributed by atoms with Gasteiger partial charge in [0.05, 0.1) is 0 Å². The van der Waals surface area contributed by atoms with Gasteiger partial charge in [0.15, 0.2) is 0 Å². The van der Waals surface area contributed by atoms with Crippen LogP contribution in [0.25, 0.3) is 0 Å². The third-order valence-electron chi connectivity index (χ3n) is 4.15. The molecule has 2 heteroatoms. The molecule has 21 heavy (non-hydrogen) atoms. The van der Waals surface area contributed by atoms with Gasteiger partial charge in [0.1, 0.15) is 12.4 Å². The van der Waals surface area contributed by atoms with E-state index in [4.69, 9.17) is 9.84 Å². The van der Waals surface area contributed by atoms with Gasteiger partial charge in [-0.1, -0.05) is 30.3 Å². The zero-order valence-electron chi connectivity index (χ0n) is 12.3. The Kier molecular flexibility index (Phi) is 4.56. The predicted octanol–water partition coefficient (Wildman–Crippen LogP) is 3.68. The maximum absolute atomic E-state index is 8.91. The van der Waals surface area contributed by atoms with Gasteiger partial charge in [-0.3, -0.25) is 0 Å². The van der Waals surface area contributed by atoms with Crippen molar-refractivity contribution in [1.82, 2.24) is 0 Å². The molecule has 0 aliphatic heterocycles.